The normalized spacial score (nSPS) is 14.8. The Labute approximate surface area is 145 Å². The minimum Gasteiger partial charge on any atom is -0.339 e. The van der Waals surface area contributed by atoms with Gasteiger partial charge in [-0.2, -0.15) is 16.7 Å². The number of anilines is 1. The zero-order valence-electron chi connectivity index (χ0n) is 13.1. The third-order valence-electron chi connectivity index (χ3n) is 4.00. The number of aromatic amines is 1. The minimum atomic E-state index is -0.665. The van der Waals surface area contributed by atoms with Crippen molar-refractivity contribution in [2.75, 3.05) is 29.5 Å². The summed E-state index contributed by atoms with van der Waals surface area (Å²) in [5, 5.41) is 0.180. The van der Waals surface area contributed by atoms with Gasteiger partial charge in [0, 0.05) is 30.8 Å². The Morgan fingerprint density at radius 2 is 2.00 bits per heavy atom. The standard InChI is InChI=1S/C16H14FN5O2S/c17-10-2-1-3-11(8-10)22-14(23)12-9-18-15(19-13(12)20-16(22)24)21-4-6-25-7-5-21/h1-3,8-9H,4-7H2,(H,18,19,20,24). The molecule has 7 nitrogen and oxygen atoms in total. The van der Waals surface area contributed by atoms with Crippen LogP contribution in [0, 0.1) is 5.82 Å². The predicted molar refractivity (Wildman–Crippen MR) is 95.3 cm³/mol. The summed E-state index contributed by atoms with van der Waals surface area (Å²) in [6.45, 7) is 1.64. The van der Waals surface area contributed by atoms with E-state index in [1.54, 1.807) is 0 Å². The van der Waals surface area contributed by atoms with E-state index >= 15 is 0 Å². The number of halogens is 1. The molecule has 0 amide bonds. The number of aromatic nitrogens is 4. The molecule has 128 valence electrons. The second-order valence-electron chi connectivity index (χ2n) is 5.58. The Kier molecular flexibility index (Phi) is 4.00. The molecule has 1 aromatic carbocycles. The Bertz CT molecular complexity index is 1060. The fourth-order valence-electron chi connectivity index (χ4n) is 2.76. The van der Waals surface area contributed by atoms with E-state index in [0.717, 1.165) is 35.2 Å². The Balaban J connectivity index is 1.86. The van der Waals surface area contributed by atoms with Gasteiger partial charge in [-0.15, -0.1) is 0 Å². The van der Waals surface area contributed by atoms with E-state index in [1.807, 2.05) is 16.7 Å². The van der Waals surface area contributed by atoms with Crippen molar-refractivity contribution >= 4 is 28.7 Å². The van der Waals surface area contributed by atoms with Crippen LogP contribution in [0.4, 0.5) is 10.3 Å². The zero-order chi connectivity index (χ0) is 17.4. The highest BCUT2D eigenvalue weighted by Gasteiger charge is 2.17. The highest BCUT2D eigenvalue weighted by molar-refractivity contribution is 7.99. The maximum atomic E-state index is 13.4. The summed E-state index contributed by atoms with van der Waals surface area (Å²) in [5.41, 5.74) is -0.900. The number of nitrogens with one attached hydrogen (secondary N) is 1. The van der Waals surface area contributed by atoms with Crippen LogP contribution in [0.5, 0.6) is 0 Å². The van der Waals surface area contributed by atoms with E-state index in [0.29, 0.717) is 5.95 Å². The maximum Gasteiger partial charge on any atom is 0.334 e. The smallest absolute Gasteiger partial charge is 0.334 e. The number of benzene rings is 1. The molecule has 1 saturated heterocycles. The predicted octanol–water partition coefficient (Wildman–Crippen LogP) is 1.16. The van der Waals surface area contributed by atoms with Crippen molar-refractivity contribution in [3.8, 4) is 5.69 Å². The van der Waals surface area contributed by atoms with Crippen molar-refractivity contribution in [3.63, 3.8) is 0 Å². The summed E-state index contributed by atoms with van der Waals surface area (Å²) < 4.78 is 14.3. The van der Waals surface area contributed by atoms with Crippen LogP contribution in [0.3, 0.4) is 0 Å². The second-order valence-corrected chi connectivity index (χ2v) is 6.81. The monoisotopic (exact) mass is 359 g/mol. The van der Waals surface area contributed by atoms with Crippen molar-refractivity contribution in [1.29, 1.82) is 0 Å². The average molecular weight is 359 g/mol. The average Bonchev–Trinajstić information content (AvgIpc) is 2.62. The molecule has 1 aliphatic heterocycles. The molecular weight excluding hydrogens is 345 g/mol. The number of thioether (sulfide) groups is 1. The fourth-order valence-corrected chi connectivity index (χ4v) is 3.66. The van der Waals surface area contributed by atoms with Gasteiger partial charge in [-0.25, -0.2) is 18.7 Å². The molecule has 0 unspecified atom stereocenters. The molecule has 0 bridgehead atoms. The number of hydrogen-bond acceptors (Lipinski definition) is 6. The Morgan fingerprint density at radius 1 is 1.20 bits per heavy atom. The summed E-state index contributed by atoms with van der Waals surface area (Å²) in [5.74, 6) is 1.93. The second kappa shape index (κ2) is 6.32. The van der Waals surface area contributed by atoms with E-state index in [1.165, 1.54) is 24.4 Å². The SMILES string of the molecule is O=c1[nH]c2nc(N3CCSCC3)ncc2c(=O)n1-c1cccc(F)c1. The summed E-state index contributed by atoms with van der Waals surface area (Å²) in [6, 6.07) is 5.31. The van der Waals surface area contributed by atoms with Gasteiger partial charge in [-0.1, -0.05) is 6.07 Å². The van der Waals surface area contributed by atoms with E-state index in [-0.39, 0.29) is 16.7 Å². The molecule has 2 aromatic heterocycles. The summed E-state index contributed by atoms with van der Waals surface area (Å²) >= 11 is 1.86. The molecule has 0 radical (unpaired) electrons. The summed E-state index contributed by atoms with van der Waals surface area (Å²) in [7, 11) is 0. The van der Waals surface area contributed by atoms with E-state index < -0.39 is 17.1 Å². The van der Waals surface area contributed by atoms with Gasteiger partial charge in [0.2, 0.25) is 5.95 Å². The lowest BCUT2D eigenvalue weighted by molar-refractivity contribution is 0.626. The van der Waals surface area contributed by atoms with E-state index in [2.05, 4.69) is 15.0 Å². The molecule has 0 saturated carbocycles. The topological polar surface area (TPSA) is 83.9 Å². The van der Waals surface area contributed by atoms with Crippen LogP contribution < -0.4 is 16.1 Å². The van der Waals surface area contributed by atoms with Gasteiger partial charge in [-0.05, 0) is 18.2 Å². The minimum absolute atomic E-state index is 0.158. The third-order valence-corrected chi connectivity index (χ3v) is 4.94. The van der Waals surface area contributed by atoms with Crippen molar-refractivity contribution in [1.82, 2.24) is 19.5 Å². The van der Waals surface area contributed by atoms with Crippen molar-refractivity contribution in [3.05, 3.63) is 57.1 Å². The van der Waals surface area contributed by atoms with Crippen molar-refractivity contribution in [2.24, 2.45) is 0 Å². The number of H-pyrrole nitrogens is 1. The number of hydrogen-bond donors (Lipinski definition) is 1. The highest BCUT2D eigenvalue weighted by atomic mass is 32.2. The van der Waals surface area contributed by atoms with Crippen molar-refractivity contribution in [2.45, 2.75) is 0 Å². The number of nitrogens with zero attached hydrogens (tertiary/aromatic N) is 4. The first-order valence-electron chi connectivity index (χ1n) is 7.74. The molecule has 0 spiro atoms. The van der Waals surface area contributed by atoms with Gasteiger partial charge in [0.25, 0.3) is 5.56 Å². The highest BCUT2D eigenvalue weighted by Crippen LogP contribution is 2.16. The van der Waals surface area contributed by atoms with Gasteiger partial charge in [0.1, 0.15) is 11.2 Å². The van der Waals surface area contributed by atoms with Crippen LogP contribution in [0.2, 0.25) is 0 Å². The van der Waals surface area contributed by atoms with Gasteiger partial charge >= 0.3 is 5.69 Å². The largest absolute Gasteiger partial charge is 0.339 e. The zero-order valence-corrected chi connectivity index (χ0v) is 13.9. The molecule has 3 heterocycles. The molecule has 4 rings (SSSR count). The molecule has 25 heavy (non-hydrogen) atoms. The molecule has 1 N–H and O–H groups in total. The first-order valence-corrected chi connectivity index (χ1v) is 8.90. The van der Waals surface area contributed by atoms with Gasteiger partial charge in [-0.3, -0.25) is 9.78 Å². The molecule has 3 aromatic rings. The lowest BCUT2D eigenvalue weighted by Crippen LogP contribution is -2.36. The van der Waals surface area contributed by atoms with Crippen LogP contribution in [0.15, 0.2) is 40.1 Å². The number of fused-ring (bicyclic) bond motifs is 1. The first-order chi connectivity index (χ1) is 12.1. The number of rotatable bonds is 2. The van der Waals surface area contributed by atoms with Crippen LogP contribution in [-0.2, 0) is 0 Å². The Hall–Kier alpha value is -2.68. The molecule has 1 aliphatic rings. The third kappa shape index (κ3) is 2.91. The summed E-state index contributed by atoms with van der Waals surface area (Å²) in [6.07, 6.45) is 1.41. The van der Waals surface area contributed by atoms with Gasteiger partial charge in [0.05, 0.1) is 5.69 Å². The first kappa shape index (κ1) is 15.8. The van der Waals surface area contributed by atoms with Crippen LogP contribution >= 0.6 is 11.8 Å². The molecule has 1 fully saturated rings. The Morgan fingerprint density at radius 3 is 2.76 bits per heavy atom. The van der Waals surface area contributed by atoms with Crippen molar-refractivity contribution < 1.29 is 4.39 Å². The summed E-state index contributed by atoms with van der Waals surface area (Å²) in [4.78, 5) is 38.3. The molecule has 0 aliphatic carbocycles. The van der Waals surface area contributed by atoms with E-state index in [9.17, 15) is 14.0 Å². The molecule has 0 atom stereocenters. The lowest BCUT2D eigenvalue weighted by Gasteiger charge is -2.26. The quantitative estimate of drug-likeness (QED) is 0.739. The molecule has 9 heteroatoms. The van der Waals surface area contributed by atoms with Gasteiger partial charge in [0.15, 0.2) is 5.65 Å². The van der Waals surface area contributed by atoms with Crippen LogP contribution in [0.25, 0.3) is 16.7 Å². The lowest BCUT2D eigenvalue weighted by atomic mass is 10.3. The maximum absolute atomic E-state index is 13.4. The van der Waals surface area contributed by atoms with E-state index in [4.69, 9.17) is 0 Å². The van der Waals surface area contributed by atoms with Crippen LogP contribution in [0.1, 0.15) is 0 Å². The molecular formula is C16H14FN5O2S. The van der Waals surface area contributed by atoms with Gasteiger partial charge < -0.3 is 4.90 Å². The van der Waals surface area contributed by atoms with Crippen LogP contribution in [-0.4, -0.2) is 44.1 Å². The fraction of sp³-hybridized carbons (Fsp3) is 0.250.